The Hall–Kier alpha value is -2.79. The Morgan fingerprint density at radius 1 is 1.25 bits per heavy atom. The Bertz CT molecular complexity index is 874. The minimum absolute atomic E-state index is 0.0448. The van der Waals surface area contributed by atoms with E-state index in [0.717, 1.165) is 5.56 Å². The molecule has 0 aromatic heterocycles. The zero-order chi connectivity index (χ0) is 17.3. The van der Waals surface area contributed by atoms with Crippen LogP contribution in [0.2, 0.25) is 5.02 Å². The summed E-state index contributed by atoms with van der Waals surface area (Å²) in [5, 5.41) is 15.8. The number of nitrogens with zero attached hydrogens (tertiary/aromatic N) is 2. The summed E-state index contributed by atoms with van der Waals surface area (Å²) in [5.74, 6) is 0.154. The number of halogens is 1. The van der Waals surface area contributed by atoms with Crippen molar-refractivity contribution in [1.82, 2.24) is 0 Å². The number of carbonyl (C=O) groups is 1. The number of hydrogen-bond acceptors (Lipinski definition) is 4. The Kier molecular flexibility index (Phi) is 4.27. The average molecular weight is 343 g/mol. The van der Waals surface area contributed by atoms with Crippen LogP contribution in [0.5, 0.6) is 11.5 Å². The number of phenols is 1. The van der Waals surface area contributed by atoms with Gasteiger partial charge in [-0.3, -0.25) is 4.79 Å². The first-order valence-electron chi connectivity index (χ1n) is 7.24. The highest BCUT2D eigenvalue weighted by molar-refractivity contribution is 6.33. The highest BCUT2D eigenvalue weighted by Crippen LogP contribution is 2.30. The second-order valence-electron chi connectivity index (χ2n) is 5.27. The van der Waals surface area contributed by atoms with Gasteiger partial charge in [-0.1, -0.05) is 23.7 Å². The minimum Gasteiger partial charge on any atom is -0.504 e. The maximum atomic E-state index is 12.7. The van der Waals surface area contributed by atoms with Crippen LogP contribution in [0.15, 0.2) is 53.1 Å². The molecular formula is C18H15ClN2O3. The number of aromatic hydroxyl groups is 1. The molecule has 0 radical (unpaired) electrons. The van der Waals surface area contributed by atoms with E-state index >= 15 is 0 Å². The smallest absolute Gasteiger partial charge is 0.280 e. The quantitative estimate of drug-likeness (QED) is 0.861. The second kappa shape index (κ2) is 6.37. The summed E-state index contributed by atoms with van der Waals surface area (Å²) in [6, 6.07) is 11.8. The molecule has 2 aromatic rings. The van der Waals surface area contributed by atoms with E-state index in [1.54, 1.807) is 49.4 Å². The zero-order valence-electron chi connectivity index (χ0n) is 13.2. The van der Waals surface area contributed by atoms with E-state index < -0.39 is 0 Å². The minimum atomic E-state index is -0.234. The molecule has 6 heteroatoms. The summed E-state index contributed by atoms with van der Waals surface area (Å²) in [7, 11) is 1.47. The molecule has 1 aliphatic rings. The van der Waals surface area contributed by atoms with Crippen LogP contribution in [-0.2, 0) is 4.79 Å². The van der Waals surface area contributed by atoms with Gasteiger partial charge >= 0.3 is 0 Å². The number of rotatable bonds is 3. The fourth-order valence-electron chi connectivity index (χ4n) is 2.42. The third-order valence-corrected chi connectivity index (χ3v) is 3.87. The van der Waals surface area contributed by atoms with E-state index in [0.29, 0.717) is 27.7 Å². The molecule has 0 spiro atoms. The van der Waals surface area contributed by atoms with Crippen molar-refractivity contribution < 1.29 is 14.6 Å². The Morgan fingerprint density at radius 3 is 2.75 bits per heavy atom. The Morgan fingerprint density at radius 2 is 2.04 bits per heavy atom. The molecule has 0 saturated heterocycles. The lowest BCUT2D eigenvalue weighted by atomic mass is 10.1. The summed E-state index contributed by atoms with van der Waals surface area (Å²) < 4.78 is 5.09. The first-order valence-corrected chi connectivity index (χ1v) is 7.61. The number of benzene rings is 2. The number of hydrogen-bond donors (Lipinski definition) is 1. The van der Waals surface area contributed by atoms with Crippen molar-refractivity contribution in [2.75, 3.05) is 12.1 Å². The molecule has 1 heterocycles. The Labute approximate surface area is 144 Å². The lowest BCUT2D eigenvalue weighted by Gasteiger charge is -2.11. The van der Waals surface area contributed by atoms with Gasteiger partial charge in [-0.25, -0.2) is 0 Å². The van der Waals surface area contributed by atoms with Gasteiger partial charge in [-0.2, -0.15) is 10.1 Å². The molecule has 122 valence electrons. The molecule has 24 heavy (non-hydrogen) atoms. The SMILES string of the molecule is COc1cc(/C=C2/C(=O)N(c3cccc(Cl)c3)N=C2C)ccc1O. The van der Waals surface area contributed by atoms with Crippen LogP contribution < -0.4 is 9.75 Å². The molecular weight excluding hydrogens is 328 g/mol. The van der Waals surface area contributed by atoms with Crippen molar-refractivity contribution in [3.8, 4) is 11.5 Å². The third-order valence-electron chi connectivity index (χ3n) is 3.63. The fraction of sp³-hybridized carbons (Fsp3) is 0.111. The first-order chi connectivity index (χ1) is 11.5. The van der Waals surface area contributed by atoms with Crippen LogP contribution in [0.1, 0.15) is 12.5 Å². The van der Waals surface area contributed by atoms with Gasteiger partial charge in [0.15, 0.2) is 11.5 Å². The largest absolute Gasteiger partial charge is 0.504 e. The number of methoxy groups -OCH3 is 1. The van der Waals surface area contributed by atoms with Gasteiger partial charge < -0.3 is 9.84 Å². The Balaban J connectivity index is 1.96. The standard InChI is InChI=1S/C18H15ClN2O3/c1-11-15(8-12-6-7-16(22)17(9-12)24-2)18(23)21(20-11)14-5-3-4-13(19)10-14/h3-10,22H,1-2H3/b15-8+. The van der Waals surface area contributed by atoms with Gasteiger partial charge in [0.2, 0.25) is 0 Å². The zero-order valence-corrected chi connectivity index (χ0v) is 13.9. The summed E-state index contributed by atoms with van der Waals surface area (Å²) in [6.07, 6.45) is 1.72. The fourth-order valence-corrected chi connectivity index (χ4v) is 2.60. The number of phenolic OH excluding ortho intramolecular Hbond substituents is 1. The maximum Gasteiger partial charge on any atom is 0.280 e. The molecule has 0 fully saturated rings. The van der Waals surface area contributed by atoms with E-state index in [1.165, 1.54) is 18.2 Å². The van der Waals surface area contributed by atoms with Crippen molar-refractivity contribution >= 4 is 35.0 Å². The highest BCUT2D eigenvalue weighted by Gasteiger charge is 2.28. The van der Waals surface area contributed by atoms with Gasteiger partial charge in [-0.05, 0) is 48.9 Å². The van der Waals surface area contributed by atoms with E-state index in [2.05, 4.69) is 5.10 Å². The van der Waals surface area contributed by atoms with E-state index in [1.807, 2.05) is 0 Å². The van der Waals surface area contributed by atoms with Crippen LogP contribution in [0, 0.1) is 0 Å². The predicted octanol–water partition coefficient (Wildman–Crippen LogP) is 3.86. The van der Waals surface area contributed by atoms with Crippen molar-refractivity contribution in [1.29, 1.82) is 0 Å². The number of amides is 1. The average Bonchev–Trinajstić information content (AvgIpc) is 2.84. The van der Waals surface area contributed by atoms with E-state index in [-0.39, 0.29) is 11.7 Å². The predicted molar refractivity (Wildman–Crippen MR) is 94.7 cm³/mol. The normalized spacial score (nSPS) is 15.8. The maximum absolute atomic E-state index is 12.7. The van der Waals surface area contributed by atoms with Crippen molar-refractivity contribution in [3.05, 3.63) is 58.6 Å². The molecule has 3 rings (SSSR count). The van der Waals surface area contributed by atoms with Gasteiger partial charge in [-0.15, -0.1) is 0 Å². The molecule has 0 atom stereocenters. The summed E-state index contributed by atoms with van der Waals surface area (Å²) in [6.45, 7) is 1.77. The van der Waals surface area contributed by atoms with Crippen molar-refractivity contribution in [2.24, 2.45) is 5.10 Å². The number of hydrazone groups is 1. The van der Waals surface area contributed by atoms with Gasteiger partial charge in [0.1, 0.15) is 0 Å². The van der Waals surface area contributed by atoms with Crippen molar-refractivity contribution in [3.63, 3.8) is 0 Å². The van der Waals surface area contributed by atoms with E-state index in [4.69, 9.17) is 16.3 Å². The van der Waals surface area contributed by atoms with E-state index in [9.17, 15) is 9.90 Å². The van der Waals surface area contributed by atoms with Crippen LogP contribution in [0.25, 0.3) is 6.08 Å². The highest BCUT2D eigenvalue weighted by atomic mass is 35.5. The molecule has 5 nitrogen and oxygen atoms in total. The monoisotopic (exact) mass is 342 g/mol. The molecule has 1 amide bonds. The van der Waals surface area contributed by atoms with Gasteiger partial charge in [0.25, 0.3) is 5.91 Å². The van der Waals surface area contributed by atoms with Crippen molar-refractivity contribution in [2.45, 2.75) is 6.92 Å². The summed E-state index contributed by atoms with van der Waals surface area (Å²) in [4.78, 5) is 12.7. The lowest BCUT2D eigenvalue weighted by molar-refractivity contribution is -0.114. The summed E-state index contributed by atoms with van der Waals surface area (Å²) >= 11 is 5.98. The van der Waals surface area contributed by atoms with Crippen LogP contribution in [0.3, 0.4) is 0 Å². The van der Waals surface area contributed by atoms with Crippen LogP contribution in [-0.4, -0.2) is 23.8 Å². The molecule has 0 unspecified atom stereocenters. The van der Waals surface area contributed by atoms with Crippen LogP contribution >= 0.6 is 11.6 Å². The third kappa shape index (κ3) is 2.98. The van der Waals surface area contributed by atoms with Gasteiger partial charge in [0.05, 0.1) is 24.1 Å². The molecule has 2 aromatic carbocycles. The molecule has 0 saturated carbocycles. The number of anilines is 1. The molecule has 0 bridgehead atoms. The topological polar surface area (TPSA) is 62.1 Å². The second-order valence-corrected chi connectivity index (χ2v) is 5.71. The summed E-state index contributed by atoms with van der Waals surface area (Å²) in [5.41, 5.74) is 2.42. The molecule has 0 aliphatic carbocycles. The van der Waals surface area contributed by atoms with Gasteiger partial charge in [0, 0.05) is 5.02 Å². The number of ether oxygens (including phenoxy) is 1. The van der Waals surface area contributed by atoms with Crippen LogP contribution in [0.4, 0.5) is 5.69 Å². The lowest BCUT2D eigenvalue weighted by Crippen LogP contribution is -2.21. The molecule has 1 N–H and O–H groups in total. The first kappa shape index (κ1) is 16.1. The number of carbonyl (C=O) groups excluding carboxylic acids is 1. The molecule has 1 aliphatic heterocycles.